The molecule has 1 aliphatic heterocycles. The van der Waals surface area contributed by atoms with Gasteiger partial charge >= 0.3 is 12.0 Å². The van der Waals surface area contributed by atoms with E-state index in [2.05, 4.69) is 10.6 Å². The molecule has 1 saturated heterocycles. The maximum atomic E-state index is 12.5. The van der Waals surface area contributed by atoms with Gasteiger partial charge in [-0.2, -0.15) is 0 Å². The van der Waals surface area contributed by atoms with Crippen LogP contribution < -0.4 is 10.6 Å². The Morgan fingerprint density at radius 3 is 2.35 bits per heavy atom. The van der Waals surface area contributed by atoms with Crippen LogP contribution in [-0.4, -0.2) is 53.2 Å². The number of carboxylic acid groups (broad SMARTS) is 1. The molecule has 0 radical (unpaired) electrons. The number of aliphatic carboxylic acids is 1. The molecule has 2 fully saturated rings. The van der Waals surface area contributed by atoms with Gasteiger partial charge in [0.2, 0.25) is 0 Å². The molecule has 6 heteroatoms. The molecule has 0 aromatic carbocycles. The first kappa shape index (κ1) is 15.1. The molecular weight excluding hydrogens is 258 g/mol. The second-order valence-corrected chi connectivity index (χ2v) is 5.98. The maximum absolute atomic E-state index is 12.5. The molecule has 2 aliphatic rings. The highest BCUT2D eigenvalue weighted by atomic mass is 16.4. The van der Waals surface area contributed by atoms with E-state index in [0.717, 1.165) is 38.8 Å². The normalized spacial score (nSPS) is 22.9. The van der Waals surface area contributed by atoms with E-state index in [9.17, 15) is 14.7 Å². The van der Waals surface area contributed by atoms with Crippen LogP contribution in [0.4, 0.5) is 4.79 Å². The van der Waals surface area contributed by atoms with Gasteiger partial charge in [-0.3, -0.25) is 0 Å². The van der Waals surface area contributed by atoms with E-state index in [0.29, 0.717) is 6.54 Å². The van der Waals surface area contributed by atoms with E-state index in [4.69, 9.17) is 0 Å². The first-order valence-electron chi connectivity index (χ1n) is 7.52. The van der Waals surface area contributed by atoms with Crippen molar-refractivity contribution in [3.8, 4) is 0 Å². The third kappa shape index (κ3) is 3.06. The lowest BCUT2D eigenvalue weighted by atomic mass is 9.96. The molecule has 20 heavy (non-hydrogen) atoms. The van der Waals surface area contributed by atoms with Crippen molar-refractivity contribution in [2.24, 2.45) is 5.92 Å². The zero-order valence-electron chi connectivity index (χ0n) is 12.3. The predicted molar refractivity (Wildman–Crippen MR) is 75.6 cm³/mol. The van der Waals surface area contributed by atoms with E-state index in [1.54, 1.807) is 11.8 Å². The molecule has 0 aromatic rings. The summed E-state index contributed by atoms with van der Waals surface area (Å²) >= 11 is 0. The fourth-order valence-corrected chi connectivity index (χ4v) is 2.97. The third-order valence-corrected chi connectivity index (χ3v) is 4.56. The largest absolute Gasteiger partial charge is 0.480 e. The average molecular weight is 283 g/mol. The lowest BCUT2D eigenvalue weighted by molar-refractivity contribution is -0.144. The summed E-state index contributed by atoms with van der Waals surface area (Å²) in [5.41, 5.74) is -1.13. The van der Waals surface area contributed by atoms with Crippen molar-refractivity contribution in [2.45, 2.75) is 51.1 Å². The first-order valence-corrected chi connectivity index (χ1v) is 7.52. The summed E-state index contributed by atoms with van der Waals surface area (Å²) in [4.78, 5) is 25.7. The summed E-state index contributed by atoms with van der Waals surface area (Å²) in [6, 6.07) is -0.0327. The molecule has 2 amide bonds. The SMILES string of the molecule is CCN(C(=O)NC(C)(C(=O)O)C1CC1)C1CCNCC1. The van der Waals surface area contributed by atoms with E-state index in [1.807, 2.05) is 6.92 Å². The van der Waals surface area contributed by atoms with Crippen LogP contribution in [0, 0.1) is 5.92 Å². The molecule has 1 unspecified atom stereocenters. The fraction of sp³-hybridized carbons (Fsp3) is 0.857. The van der Waals surface area contributed by atoms with E-state index < -0.39 is 11.5 Å². The van der Waals surface area contributed by atoms with E-state index in [1.165, 1.54) is 0 Å². The second-order valence-electron chi connectivity index (χ2n) is 5.98. The van der Waals surface area contributed by atoms with Crippen LogP contribution >= 0.6 is 0 Å². The number of carbonyl (C=O) groups is 2. The van der Waals surface area contributed by atoms with Gasteiger partial charge in [-0.1, -0.05) is 0 Å². The number of carboxylic acids is 1. The van der Waals surface area contributed by atoms with E-state index >= 15 is 0 Å². The molecular formula is C14H25N3O3. The lowest BCUT2D eigenvalue weighted by Crippen LogP contribution is -2.59. The van der Waals surface area contributed by atoms with Crippen molar-refractivity contribution in [1.29, 1.82) is 0 Å². The number of hydrogen-bond donors (Lipinski definition) is 3. The van der Waals surface area contributed by atoms with Gasteiger partial charge in [0, 0.05) is 12.6 Å². The number of nitrogens with one attached hydrogen (secondary N) is 2. The molecule has 114 valence electrons. The molecule has 1 heterocycles. The van der Waals surface area contributed by atoms with Crippen molar-refractivity contribution in [3.05, 3.63) is 0 Å². The van der Waals surface area contributed by atoms with Gasteiger partial charge in [-0.25, -0.2) is 9.59 Å². The molecule has 0 bridgehead atoms. The standard InChI is InChI=1S/C14H25N3O3/c1-3-17(11-6-8-15-9-7-11)13(20)16-14(2,12(18)19)10-4-5-10/h10-11,15H,3-9H2,1-2H3,(H,16,20)(H,18,19). The zero-order valence-corrected chi connectivity index (χ0v) is 12.3. The topological polar surface area (TPSA) is 81.7 Å². The van der Waals surface area contributed by atoms with Crippen LogP contribution in [0.2, 0.25) is 0 Å². The molecule has 0 spiro atoms. The van der Waals surface area contributed by atoms with Crippen molar-refractivity contribution < 1.29 is 14.7 Å². The lowest BCUT2D eigenvalue weighted by Gasteiger charge is -2.36. The minimum absolute atomic E-state index is 0.0654. The van der Waals surface area contributed by atoms with Gasteiger partial charge in [0.1, 0.15) is 5.54 Å². The van der Waals surface area contributed by atoms with Crippen LogP contribution in [0.3, 0.4) is 0 Å². The number of carbonyl (C=O) groups excluding carboxylic acids is 1. The Bertz CT molecular complexity index is 378. The van der Waals surface area contributed by atoms with Crippen LogP contribution in [-0.2, 0) is 4.79 Å². The van der Waals surface area contributed by atoms with Gasteiger partial charge in [0.15, 0.2) is 0 Å². The summed E-state index contributed by atoms with van der Waals surface area (Å²) in [5.74, 6) is -0.870. The van der Waals surface area contributed by atoms with Gasteiger partial charge in [0.25, 0.3) is 0 Å². The third-order valence-electron chi connectivity index (χ3n) is 4.56. The van der Waals surface area contributed by atoms with Crippen LogP contribution in [0.15, 0.2) is 0 Å². The Kier molecular flexibility index (Phi) is 4.52. The smallest absolute Gasteiger partial charge is 0.329 e. The molecule has 1 atom stereocenters. The van der Waals surface area contributed by atoms with Gasteiger partial charge in [-0.05, 0) is 58.5 Å². The minimum atomic E-state index is -1.13. The number of rotatable bonds is 5. The number of amides is 2. The zero-order chi connectivity index (χ0) is 14.8. The maximum Gasteiger partial charge on any atom is 0.329 e. The van der Waals surface area contributed by atoms with E-state index in [-0.39, 0.29) is 18.0 Å². The Labute approximate surface area is 119 Å². The number of hydrogen-bond acceptors (Lipinski definition) is 3. The second kappa shape index (κ2) is 5.99. The monoisotopic (exact) mass is 283 g/mol. The van der Waals surface area contributed by atoms with Crippen LogP contribution in [0.1, 0.15) is 39.5 Å². The highest BCUT2D eigenvalue weighted by molar-refractivity contribution is 5.86. The van der Waals surface area contributed by atoms with Crippen molar-refractivity contribution in [2.75, 3.05) is 19.6 Å². The quantitative estimate of drug-likeness (QED) is 0.703. The summed E-state index contributed by atoms with van der Waals surface area (Å²) in [7, 11) is 0. The first-order chi connectivity index (χ1) is 9.49. The fourth-order valence-electron chi connectivity index (χ4n) is 2.97. The summed E-state index contributed by atoms with van der Waals surface area (Å²) < 4.78 is 0. The average Bonchev–Trinajstić information content (AvgIpc) is 3.25. The molecule has 1 aliphatic carbocycles. The Hall–Kier alpha value is -1.30. The molecule has 1 saturated carbocycles. The minimum Gasteiger partial charge on any atom is -0.480 e. The molecule has 0 aromatic heterocycles. The molecule has 6 nitrogen and oxygen atoms in total. The highest BCUT2D eigenvalue weighted by Crippen LogP contribution is 2.39. The van der Waals surface area contributed by atoms with Gasteiger partial charge < -0.3 is 20.6 Å². The molecule has 3 N–H and O–H groups in total. The summed E-state index contributed by atoms with van der Waals surface area (Å²) in [6.07, 6.45) is 3.61. The van der Waals surface area contributed by atoms with Gasteiger partial charge in [-0.15, -0.1) is 0 Å². The van der Waals surface area contributed by atoms with Crippen LogP contribution in [0.5, 0.6) is 0 Å². The number of nitrogens with zero attached hydrogens (tertiary/aromatic N) is 1. The number of urea groups is 1. The Balaban J connectivity index is 2.02. The summed E-state index contributed by atoms with van der Waals surface area (Å²) in [6.45, 7) is 6.00. The van der Waals surface area contributed by atoms with Gasteiger partial charge in [0.05, 0.1) is 0 Å². The Morgan fingerprint density at radius 1 is 1.30 bits per heavy atom. The highest BCUT2D eigenvalue weighted by Gasteiger charge is 2.49. The predicted octanol–water partition coefficient (Wildman–Crippen LogP) is 1.02. The van der Waals surface area contributed by atoms with Crippen molar-refractivity contribution >= 4 is 12.0 Å². The van der Waals surface area contributed by atoms with Crippen molar-refractivity contribution in [3.63, 3.8) is 0 Å². The van der Waals surface area contributed by atoms with Crippen molar-refractivity contribution in [1.82, 2.24) is 15.5 Å². The van der Waals surface area contributed by atoms with Crippen LogP contribution in [0.25, 0.3) is 0 Å². The summed E-state index contributed by atoms with van der Waals surface area (Å²) in [5, 5.41) is 15.5. The number of piperidine rings is 1. The Morgan fingerprint density at radius 2 is 1.90 bits per heavy atom. The molecule has 2 rings (SSSR count).